The third-order valence-electron chi connectivity index (χ3n) is 8.24. The van der Waals surface area contributed by atoms with Gasteiger partial charge in [0.25, 0.3) is 5.91 Å². The molecular weight excluding hydrogens is 484 g/mol. The van der Waals surface area contributed by atoms with Crippen molar-refractivity contribution in [2.45, 2.75) is 76.8 Å². The zero-order chi connectivity index (χ0) is 27.4. The van der Waals surface area contributed by atoms with Crippen LogP contribution < -0.4 is 20.1 Å². The molecule has 2 aromatic carbocycles. The number of amides is 2. The lowest BCUT2D eigenvalue weighted by molar-refractivity contribution is -0.133. The molecule has 3 heterocycles. The second kappa shape index (κ2) is 9.31. The Morgan fingerprint density at radius 2 is 1.89 bits per heavy atom. The van der Waals surface area contributed by atoms with Crippen molar-refractivity contribution >= 4 is 17.8 Å². The fourth-order valence-corrected chi connectivity index (χ4v) is 5.49. The number of ether oxygens (including phenoxy) is 2. The largest absolute Gasteiger partial charge is 0.493 e. The first-order valence-corrected chi connectivity index (χ1v) is 13.1. The summed E-state index contributed by atoms with van der Waals surface area (Å²) in [6.45, 7) is 10.0. The molecule has 38 heavy (non-hydrogen) atoms. The number of rotatable bonds is 4. The van der Waals surface area contributed by atoms with Crippen molar-refractivity contribution in [2.24, 2.45) is 5.92 Å². The van der Waals surface area contributed by atoms with Crippen LogP contribution in [0.25, 0.3) is 0 Å². The summed E-state index contributed by atoms with van der Waals surface area (Å²) < 4.78 is 11.8. The minimum Gasteiger partial charge on any atom is -0.493 e. The van der Waals surface area contributed by atoms with Gasteiger partial charge in [-0.2, -0.15) is 0 Å². The van der Waals surface area contributed by atoms with Crippen LogP contribution in [-0.4, -0.2) is 51.6 Å². The minimum absolute atomic E-state index is 0.0642. The monoisotopic (exact) mass is 520 g/mol. The first-order chi connectivity index (χ1) is 17.9. The van der Waals surface area contributed by atoms with Crippen molar-refractivity contribution in [1.82, 2.24) is 15.5 Å². The van der Waals surface area contributed by atoms with E-state index in [0.717, 1.165) is 0 Å². The number of carbonyl (C=O) groups excluding carboxylic acids is 2. The molecule has 0 spiro atoms. The number of carbonyl (C=O) groups is 2. The van der Waals surface area contributed by atoms with E-state index in [4.69, 9.17) is 14.9 Å². The number of hydrogen-bond donors (Lipinski definition) is 4. The Hall–Kier alpha value is -3.59. The number of para-hydroxylation sites is 1. The van der Waals surface area contributed by atoms with E-state index in [1.54, 1.807) is 32.0 Å². The average Bonchev–Trinajstić information content (AvgIpc) is 2.85. The van der Waals surface area contributed by atoms with Gasteiger partial charge in [-0.15, -0.1) is 0 Å². The molecule has 5 rings (SSSR count). The van der Waals surface area contributed by atoms with Crippen molar-refractivity contribution in [3.63, 3.8) is 0 Å². The Balaban J connectivity index is 1.43. The summed E-state index contributed by atoms with van der Waals surface area (Å²) in [6.07, 6.45) is -0.189. The molecule has 2 aromatic rings. The number of hydrogen-bond acceptors (Lipinski definition) is 6. The van der Waals surface area contributed by atoms with Crippen LogP contribution in [0.15, 0.2) is 42.5 Å². The molecule has 3 aliphatic heterocycles. The summed E-state index contributed by atoms with van der Waals surface area (Å²) in [5.74, 6) is 0.959. The van der Waals surface area contributed by atoms with E-state index in [2.05, 4.69) is 10.6 Å². The van der Waals surface area contributed by atoms with E-state index in [1.807, 2.05) is 45.0 Å². The van der Waals surface area contributed by atoms with Crippen molar-refractivity contribution in [2.75, 3.05) is 6.61 Å². The lowest BCUT2D eigenvalue weighted by Gasteiger charge is -2.46. The quantitative estimate of drug-likeness (QED) is 0.488. The highest BCUT2D eigenvalue weighted by Gasteiger charge is 2.45. The standard InChI is InChI=1S/C29H36N4O5/c1-16(2)29(5)15-23(34)33(27(30)32-29)20-12-13-37-21-11-10-17(14-19(20)21)26(36)31-24-18-8-6-7-9-22(18)38-28(3,4)25(24)35/h6-11,14,16,20,24-25,35H,12-13,15H2,1-5H3,(H2,30,32)(H,31,36)/t20-,24?,25?,29+/m1/s1. The van der Waals surface area contributed by atoms with Crippen LogP contribution in [0.4, 0.5) is 0 Å². The second-order valence-electron chi connectivity index (χ2n) is 11.5. The molecule has 4 atom stereocenters. The van der Waals surface area contributed by atoms with E-state index in [-0.39, 0.29) is 30.1 Å². The van der Waals surface area contributed by atoms with Crippen LogP contribution in [-0.2, 0) is 4.79 Å². The summed E-state index contributed by atoms with van der Waals surface area (Å²) in [5.41, 5.74) is 0.385. The normalized spacial score (nSPS) is 28.0. The smallest absolute Gasteiger partial charge is 0.251 e. The van der Waals surface area contributed by atoms with Crippen LogP contribution in [0.5, 0.6) is 11.5 Å². The third-order valence-corrected chi connectivity index (χ3v) is 8.24. The molecule has 0 saturated carbocycles. The first-order valence-electron chi connectivity index (χ1n) is 13.1. The van der Waals surface area contributed by atoms with Crippen molar-refractivity contribution in [3.8, 4) is 11.5 Å². The molecule has 2 unspecified atom stereocenters. The van der Waals surface area contributed by atoms with Gasteiger partial charge in [0.15, 0.2) is 5.96 Å². The van der Waals surface area contributed by atoms with Crippen LogP contribution in [0, 0.1) is 11.3 Å². The maximum Gasteiger partial charge on any atom is 0.251 e. The number of fused-ring (bicyclic) bond motifs is 2. The third kappa shape index (κ3) is 4.38. The highest BCUT2D eigenvalue weighted by Crippen LogP contribution is 2.41. The summed E-state index contributed by atoms with van der Waals surface area (Å²) in [6, 6.07) is 11.4. The van der Waals surface area contributed by atoms with Gasteiger partial charge in [-0.05, 0) is 51.0 Å². The summed E-state index contributed by atoms with van der Waals surface area (Å²) in [4.78, 5) is 28.3. The SMILES string of the molecule is CC(C)[C@]1(C)CC(=O)N([C@@H]2CCOc3ccc(C(=O)NC4c5ccccc5OC(C)(C)C4O)cc32)C(=N)N1. The molecule has 9 nitrogen and oxygen atoms in total. The van der Waals surface area contributed by atoms with Crippen LogP contribution in [0.2, 0.25) is 0 Å². The zero-order valence-electron chi connectivity index (χ0n) is 22.5. The lowest BCUT2D eigenvalue weighted by atomic mass is 9.82. The molecular formula is C29H36N4O5. The van der Waals surface area contributed by atoms with Crippen LogP contribution in [0.1, 0.15) is 81.0 Å². The van der Waals surface area contributed by atoms with Gasteiger partial charge in [-0.1, -0.05) is 32.0 Å². The Bertz CT molecular complexity index is 1270. The number of benzene rings is 2. The molecule has 2 amide bonds. The number of aliphatic hydroxyl groups is 1. The molecule has 202 valence electrons. The predicted octanol–water partition coefficient (Wildman–Crippen LogP) is 3.68. The van der Waals surface area contributed by atoms with Gasteiger partial charge in [-0.25, -0.2) is 0 Å². The molecule has 0 aromatic heterocycles. The number of aliphatic hydroxyl groups excluding tert-OH is 1. The fourth-order valence-electron chi connectivity index (χ4n) is 5.49. The van der Waals surface area contributed by atoms with Crippen molar-refractivity contribution < 1.29 is 24.2 Å². The zero-order valence-corrected chi connectivity index (χ0v) is 22.5. The maximum atomic E-state index is 13.5. The average molecular weight is 521 g/mol. The van der Waals surface area contributed by atoms with E-state index in [1.165, 1.54) is 4.90 Å². The number of nitrogens with zero attached hydrogens (tertiary/aromatic N) is 1. The first kappa shape index (κ1) is 26.0. The molecule has 9 heteroatoms. The molecule has 3 aliphatic rings. The molecule has 0 radical (unpaired) electrons. The van der Waals surface area contributed by atoms with E-state index < -0.39 is 29.3 Å². The summed E-state index contributed by atoms with van der Waals surface area (Å²) >= 11 is 0. The highest BCUT2D eigenvalue weighted by atomic mass is 16.5. The van der Waals surface area contributed by atoms with Gasteiger partial charge in [-0.3, -0.25) is 19.9 Å². The Morgan fingerprint density at radius 1 is 1.16 bits per heavy atom. The van der Waals surface area contributed by atoms with Crippen molar-refractivity contribution in [3.05, 3.63) is 59.2 Å². The molecule has 1 fully saturated rings. The van der Waals surface area contributed by atoms with Gasteiger partial charge < -0.3 is 25.2 Å². The molecule has 0 aliphatic carbocycles. The van der Waals surface area contributed by atoms with Gasteiger partial charge in [0.1, 0.15) is 23.2 Å². The minimum atomic E-state index is -0.970. The predicted molar refractivity (Wildman–Crippen MR) is 142 cm³/mol. The second-order valence-corrected chi connectivity index (χ2v) is 11.5. The maximum absolute atomic E-state index is 13.5. The lowest BCUT2D eigenvalue weighted by Crippen LogP contribution is -2.63. The summed E-state index contributed by atoms with van der Waals surface area (Å²) in [5, 5.41) is 26.0. The molecule has 0 bridgehead atoms. The number of nitrogens with one attached hydrogen (secondary N) is 3. The van der Waals surface area contributed by atoms with Gasteiger partial charge >= 0.3 is 0 Å². The molecule has 4 N–H and O–H groups in total. The van der Waals surface area contributed by atoms with Crippen molar-refractivity contribution in [1.29, 1.82) is 5.41 Å². The van der Waals surface area contributed by atoms with Gasteiger partial charge in [0, 0.05) is 28.7 Å². The summed E-state index contributed by atoms with van der Waals surface area (Å²) in [7, 11) is 0. The topological polar surface area (TPSA) is 124 Å². The highest BCUT2D eigenvalue weighted by molar-refractivity contribution is 6.00. The Morgan fingerprint density at radius 3 is 2.61 bits per heavy atom. The van der Waals surface area contributed by atoms with E-state index in [0.29, 0.717) is 41.2 Å². The van der Waals surface area contributed by atoms with Gasteiger partial charge in [0.2, 0.25) is 5.91 Å². The fraction of sp³-hybridized carbons (Fsp3) is 0.483. The Kier molecular flexibility index (Phi) is 6.38. The Labute approximate surface area is 223 Å². The van der Waals surface area contributed by atoms with Gasteiger partial charge in [0.05, 0.1) is 25.1 Å². The van der Waals surface area contributed by atoms with Crippen LogP contribution >= 0.6 is 0 Å². The molecule has 1 saturated heterocycles. The van der Waals surface area contributed by atoms with E-state index >= 15 is 0 Å². The van der Waals surface area contributed by atoms with Crippen LogP contribution in [0.3, 0.4) is 0 Å². The van der Waals surface area contributed by atoms with E-state index in [9.17, 15) is 14.7 Å². The number of guanidine groups is 1.